The maximum Gasteiger partial charge on any atom is 0.255 e. The molecule has 0 spiro atoms. The van der Waals surface area contributed by atoms with Crippen LogP contribution in [-0.4, -0.2) is 31.2 Å². The molecule has 1 unspecified atom stereocenters. The first kappa shape index (κ1) is 19.8. The van der Waals surface area contributed by atoms with Gasteiger partial charge in [-0.15, -0.1) is 0 Å². The van der Waals surface area contributed by atoms with E-state index in [1.807, 2.05) is 6.92 Å². The van der Waals surface area contributed by atoms with Gasteiger partial charge in [0.15, 0.2) is 0 Å². The Hall–Kier alpha value is -1.96. The number of hydrogen-bond donors (Lipinski definition) is 1. The lowest BCUT2D eigenvalue weighted by Gasteiger charge is -2.32. The molecule has 0 saturated carbocycles. The fourth-order valence-corrected chi connectivity index (χ4v) is 5.07. The fourth-order valence-electron chi connectivity index (χ4n) is 3.14. The summed E-state index contributed by atoms with van der Waals surface area (Å²) >= 11 is 5.72. The number of sulfonamides is 1. The molecule has 1 saturated heterocycles. The van der Waals surface area contributed by atoms with Crippen molar-refractivity contribution in [1.82, 2.24) is 4.31 Å². The second kappa shape index (κ2) is 7.96. The van der Waals surface area contributed by atoms with Gasteiger partial charge in [-0.1, -0.05) is 24.1 Å². The Bertz CT molecular complexity index is 965. The minimum absolute atomic E-state index is 0.0670. The highest BCUT2D eigenvalue weighted by molar-refractivity contribution is 7.89. The van der Waals surface area contributed by atoms with Crippen LogP contribution in [0.2, 0.25) is 5.02 Å². The van der Waals surface area contributed by atoms with E-state index in [9.17, 15) is 17.6 Å². The highest BCUT2D eigenvalue weighted by atomic mass is 35.5. The average Bonchev–Trinajstić information content (AvgIpc) is 2.65. The molecule has 1 N–H and O–H groups in total. The SMILES string of the molecule is CC1CCCCN1S(=O)(=O)c1cccc(C(=O)Nc2ccc(F)c(Cl)c2)c1. The van der Waals surface area contributed by atoms with Crippen LogP contribution >= 0.6 is 11.6 Å². The van der Waals surface area contributed by atoms with Crippen molar-refractivity contribution in [1.29, 1.82) is 0 Å². The number of carbonyl (C=O) groups is 1. The van der Waals surface area contributed by atoms with Crippen molar-refractivity contribution in [2.24, 2.45) is 0 Å². The molecular weight excluding hydrogens is 391 g/mol. The van der Waals surface area contributed by atoms with E-state index in [4.69, 9.17) is 11.6 Å². The molecule has 1 atom stereocenters. The van der Waals surface area contributed by atoms with Gasteiger partial charge in [0.05, 0.1) is 9.92 Å². The van der Waals surface area contributed by atoms with Crippen LogP contribution in [0.4, 0.5) is 10.1 Å². The van der Waals surface area contributed by atoms with Gasteiger partial charge in [-0.05, 0) is 56.2 Å². The van der Waals surface area contributed by atoms with Crippen LogP contribution in [0.3, 0.4) is 0 Å². The lowest BCUT2D eigenvalue weighted by Crippen LogP contribution is -2.41. The summed E-state index contributed by atoms with van der Waals surface area (Å²) in [6, 6.07) is 9.67. The van der Waals surface area contributed by atoms with Crippen LogP contribution in [0.15, 0.2) is 47.4 Å². The Kier molecular flexibility index (Phi) is 5.83. The molecule has 0 radical (unpaired) electrons. The second-order valence-corrected chi connectivity index (χ2v) is 8.87. The monoisotopic (exact) mass is 410 g/mol. The summed E-state index contributed by atoms with van der Waals surface area (Å²) in [7, 11) is -3.67. The van der Waals surface area contributed by atoms with Crippen molar-refractivity contribution in [2.45, 2.75) is 37.1 Å². The summed E-state index contributed by atoms with van der Waals surface area (Å²) in [6.07, 6.45) is 2.66. The van der Waals surface area contributed by atoms with Gasteiger partial charge in [-0.3, -0.25) is 4.79 Å². The van der Waals surface area contributed by atoms with E-state index in [2.05, 4.69) is 5.32 Å². The first-order valence-electron chi connectivity index (χ1n) is 8.67. The van der Waals surface area contributed by atoms with Crippen molar-refractivity contribution < 1.29 is 17.6 Å². The van der Waals surface area contributed by atoms with Gasteiger partial charge in [0.25, 0.3) is 5.91 Å². The summed E-state index contributed by atoms with van der Waals surface area (Å²) in [5, 5.41) is 2.49. The number of halogens is 2. The van der Waals surface area contributed by atoms with E-state index in [1.54, 1.807) is 0 Å². The lowest BCUT2D eigenvalue weighted by molar-refractivity contribution is 0.102. The van der Waals surface area contributed by atoms with Crippen LogP contribution in [0, 0.1) is 5.82 Å². The number of anilines is 1. The zero-order chi connectivity index (χ0) is 19.6. The van der Waals surface area contributed by atoms with E-state index in [0.29, 0.717) is 12.2 Å². The molecule has 1 amide bonds. The summed E-state index contributed by atoms with van der Waals surface area (Å²) in [4.78, 5) is 12.6. The van der Waals surface area contributed by atoms with Crippen molar-refractivity contribution >= 4 is 33.2 Å². The zero-order valence-corrected chi connectivity index (χ0v) is 16.4. The molecule has 27 heavy (non-hydrogen) atoms. The largest absolute Gasteiger partial charge is 0.322 e. The van der Waals surface area contributed by atoms with Crippen LogP contribution in [-0.2, 0) is 10.0 Å². The van der Waals surface area contributed by atoms with Crippen LogP contribution in [0.5, 0.6) is 0 Å². The second-order valence-electron chi connectivity index (χ2n) is 6.57. The molecule has 3 rings (SSSR count). The molecule has 2 aromatic carbocycles. The van der Waals surface area contributed by atoms with E-state index < -0.39 is 21.7 Å². The Labute approximate surface area is 163 Å². The van der Waals surface area contributed by atoms with E-state index >= 15 is 0 Å². The number of amides is 1. The van der Waals surface area contributed by atoms with Crippen molar-refractivity contribution in [3.05, 3.63) is 58.9 Å². The minimum atomic E-state index is -3.67. The number of carbonyl (C=O) groups excluding carboxylic acids is 1. The predicted molar refractivity (Wildman–Crippen MR) is 103 cm³/mol. The Morgan fingerprint density at radius 3 is 2.70 bits per heavy atom. The van der Waals surface area contributed by atoms with Gasteiger partial charge in [0, 0.05) is 23.8 Å². The topological polar surface area (TPSA) is 66.5 Å². The summed E-state index contributed by atoms with van der Waals surface area (Å²) in [5.41, 5.74) is 0.519. The molecule has 2 aromatic rings. The molecule has 1 aliphatic rings. The highest BCUT2D eigenvalue weighted by Gasteiger charge is 2.31. The average molecular weight is 411 g/mol. The van der Waals surface area contributed by atoms with Crippen molar-refractivity contribution in [3.63, 3.8) is 0 Å². The van der Waals surface area contributed by atoms with Gasteiger partial charge in [-0.25, -0.2) is 12.8 Å². The summed E-state index contributed by atoms with van der Waals surface area (Å²) in [6.45, 7) is 2.37. The maximum atomic E-state index is 13.2. The van der Waals surface area contributed by atoms with E-state index in [1.165, 1.54) is 40.7 Å². The molecule has 1 fully saturated rings. The Morgan fingerprint density at radius 1 is 1.22 bits per heavy atom. The highest BCUT2D eigenvalue weighted by Crippen LogP contribution is 2.26. The minimum Gasteiger partial charge on any atom is -0.322 e. The lowest BCUT2D eigenvalue weighted by atomic mass is 10.1. The maximum absolute atomic E-state index is 13.2. The molecule has 0 aliphatic carbocycles. The number of nitrogens with one attached hydrogen (secondary N) is 1. The quantitative estimate of drug-likeness (QED) is 0.817. The molecule has 1 aliphatic heterocycles. The number of nitrogens with zero attached hydrogens (tertiary/aromatic N) is 1. The number of rotatable bonds is 4. The normalized spacial score (nSPS) is 18.3. The van der Waals surface area contributed by atoms with Crippen LogP contribution in [0.25, 0.3) is 0 Å². The first-order valence-corrected chi connectivity index (χ1v) is 10.5. The van der Waals surface area contributed by atoms with Crippen LogP contribution in [0.1, 0.15) is 36.5 Å². The zero-order valence-electron chi connectivity index (χ0n) is 14.8. The molecular formula is C19H20ClFN2O3S. The standard InChI is InChI=1S/C19H20ClFN2O3S/c1-13-5-2-3-10-23(13)27(25,26)16-7-4-6-14(11-16)19(24)22-15-8-9-18(21)17(20)12-15/h4,6-9,11-13H,2-3,5,10H2,1H3,(H,22,24). The van der Waals surface area contributed by atoms with Gasteiger partial charge >= 0.3 is 0 Å². The third-order valence-electron chi connectivity index (χ3n) is 4.62. The smallest absolute Gasteiger partial charge is 0.255 e. The van der Waals surface area contributed by atoms with Crippen molar-refractivity contribution in [3.8, 4) is 0 Å². The number of benzene rings is 2. The summed E-state index contributed by atoms with van der Waals surface area (Å²) < 4.78 is 40.6. The number of piperidine rings is 1. The molecule has 5 nitrogen and oxygen atoms in total. The first-order chi connectivity index (χ1) is 12.8. The third kappa shape index (κ3) is 4.31. The molecule has 144 valence electrons. The Balaban J connectivity index is 1.84. The van der Waals surface area contributed by atoms with E-state index in [0.717, 1.165) is 25.3 Å². The summed E-state index contributed by atoms with van der Waals surface area (Å²) in [5.74, 6) is -1.08. The van der Waals surface area contributed by atoms with Crippen molar-refractivity contribution in [2.75, 3.05) is 11.9 Å². The fraction of sp³-hybridized carbons (Fsp3) is 0.316. The molecule has 0 bridgehead atoms. The molecule has 0 aromatic heterocycles. The molecule has 8 heteroatoms. The predicted octanol–water partition coefficient (Wildman–Crippen LogP) is 4.29. The van der Waals surface area contributed by atoms with Gasteiger partial charge in [-0.2, -0.15) is 4.31 Å². The third-order valence-corrected chi connectivity index (χ3v) is 6.92. The van der Waals surface area contributed by atoms with Crippen LogP contribution < -0.4 is 5.32 Å². The molecule has 1 heterocycles. The van der Waals surface area contributed by atoms with E-state index in [-0.39, 0.29) is 21.5 Å². The van der Waals surface area contributed by atoms with Gasteiger partial charge in [0.2, 0.25) is 10.0 Å². The Morgan fingerprint density at radius 2 is 2.00 bits per heavy atom. The van der Waals surface area contributed by atoms with Gasteiger partial charge in [0.1, 0.15) is 5.82 Å². The van der Waals surface area contributed by atoms with Gasteiger partial charge < -0.3 is 5.32 Å². The number of hydrogen-bond acceptors (Lipinski definition) is 3.